The first-order valence-corrected chi connectivity index (χ1v) is 7.27. The topological polar surface area (TPSA) is 29.3 Å². The summed E-state index contributed by atoms with van der Waals surface area (Å²) in [5.41, 5.74) is 6.01. The lowest BCUT2D eigenvalue weighted by Gasteiger charge is -2.37. The van der Waals surface area contributed by atoms with Crippen molar-refractivity contribution in [2.45, 2.75) is 64.8 Å². The van der Waals surface area contributed by atoms with Gasteiger partial charge in [-0.2, -0.15) is 0 Å². The van der Waals surface area contributed by atoms with E-state index in [2.05, 4.69) is 18.7 Å². The summed E-state index contributed by atoms with van der Waals surface area (Å²) in [5.74, 6) is 0.871. The first-order valence-electron chi connectivity index (χ1n) is 7.27. The maximum Gasteiger partial charge on any atom is 0.0246 e. The molecule has 2 N–H and O–H groups in total. The Bertz CT molecular complexity index is 164. The SMILES string of the molecule is CCCCN(CC)C(CN)C1CCCCC1. The highest BCUT2D eigenvalue weighted by Crippen LogP contribution is 2.28. The van der Waals surface area contributed by atoms with Crippen LogP contribution in [0.15, 0.2) is 0 Å². The Morgan fingerprint density at radius 3 is 2.38 bits per heavy atom. The maximum absolute atomic E-state index is 6.01. The summed E-state index contributed by atoms with van der Waals surface area (Å²) in [4.78, 5) is 2.62. The molecule has 2 nitrogen and oxygen atoms in total. The van der Waals surface area contributed by atoms with Gasteiger partial charge in [0.1, 0.15) is 0 Å². The maximum atomic E-state index is 6.01. The van der Waals surface area contributed by atoms with Gasteiger partial charge in [-0.1, -0.05) is 39.5 Å². The third-order valence-electron chi connectivity index (χ3n) is 4.11. The second kappa shape index (κ2) is 8.08. The molecule has 0 heterocycles. The van der Waals surface area contributed by atoms with Crippen LogP contribution in [-0.4, -0.2) is 30.6 Å². The summed E-state index contributed by atoms with van der Waals surface area (Å²) >= 11 is 0. The van der Waals surface area contributed by atoms with Gasteiger partial charge < -0.3 is 5.73 Å². The van der Waals surface area contributed by atoms with Gasteiger partial charge in [0.25, 0.3) is 0 Å². The molecule has 2 heteroatoms. The smallest absolute Gasteiger partial charge is 0.0246 e. The highest BCUT2D eigenvalue weighted by molar-refractivity contribution is 4.82. The standard InChI is InChI=1S/C14H30N2/c1-3-5-11-16(4-2)14(12-15)13-9-7-6-8-10-13/h13-14H,3-12,15H2,1-2H3. The number of nitrogens with two attached hydrogens (primary N) is 1. The summed E-state index contributed by atoms with van der Waals surface area (Å²) in [6, 6.07) is 0.650. The first kappa shape index (κ1) is 14.0. The van der Waals surface area contributed by atoms with Crippen molar-refractivity contribution in [3.05, 3.63) is 0 Å². The van der Waals surface area contributed by atoms with E-state index in [4.69, 9.17) is 5.73 Å². The van der Waals surface area contributed by atoms with Crippen molar-refractivity contribution in [2.75, 3.05) is 19.6 Å². The average Bonchev–Trinajstić information content (AvgIpc) is 2.35. The van der Waals surface area contributed by atoms with Gasteiger partial charge in [0.05, 0.1) is 0 Å². The van der Waals surface area contributed by atoms with E-state index in [1.807, 2.05) is 0 Å². The van der Waals surface area contributed by atoms with Crippen molar-refractivity contribution < 1.29 is 0 Å². The van der Waals surface area contributed by atoms with Gasteiger partial charge in [-0.15, -0.1) is 0 Å². The van der Waals surface area contributed by atoms with E-state index in [0.717, 1.165) is 12.5 Å². The molecule has 0 aromatic heterocycles. The molecule has 1 fully saturated rings. The van der Waals surface area contributed by atoms with Crippen LogP contribution in [0.5, 0.6) is 0 Å². The summed E-state index contributed by atoms with van der Waals surface area (Å²) in [6.07, 6.45) is 9.71. The van der Waals surface area contributed by atoms with Crippen molar-refractivity contribution in [3.63, 3.8) is 0 Å². The molecule has 0 aromatic rings. The fourth-order valence-electron chi connectivity index (χ4n) is 3.08. The number of hydrogen-bond donors (Lipinski definition) is 1. The van der Waals surface area contributed by atoms with E-state index < -0.39 is 0 Å². The molecule has 1 aliphatic carbocycles. The number of rotatable bonds is 7. The molecule has 0 spiro atoms. The zero-order valence-corrected chi connectivity index (χ0v) is 11.3. The summed E-state index contributed by atoms with van der Waals surface area (Å²) in [5, 5.41) is 0. The predicted octanol–water partition coefficient (Wildman–Crippen LogP) is 3.02. The van der Waals surface area contributed by atoms with E-state index in [0.29, 0.717) is 6.04 Å². The van der Waals surface area contributed by atoms with Gasteiger partial charge in [-0.25, -0.2) is 0 Å². The number of nitrogens with zero attached hydrogens (tertiary/aromatic N) is 1. The third kappa shape index (κ3) is 4.06. The van der Waals surface area contributed by atoms with Gasteiger partial charge in [0.15, 0.2) is 0 Å². The van der Waals surface area contributed by atoms with Crippen LogP contribution in [0.1, 0.15) is 58.8 Å². The predicted molar refractivity (Wildman–Crippen MR) is 71.6 cm³/mol. The van der Waals surface area contributed by atoms with Crippen LogP contribution in [0, 0.1) is 5.92 Å². The highest BCUT2D eigenvalue weighted by Gasteiger charge is 2.26. The van der Waals surface area contributed by atoms with E-state index in [1.54, 1.807) is 0 Å². The third-order valence-corrected chi connectivity index (χ3v) is 4.11. The molecule has 1 aliphatic rings. The zero-order valence-electron chi connectivity index (χ0n) is 11.3. The molecular weight excluding hydrogens is 196 g/mol. The molecule has 0 aliphatic heterocycles. The second-order valence-electron chi connectivity index (χ2n) is 5.18. The van der Waals surface area contributed by atoms with Gasteiger partial charge in [0, 0.05) is 12.6 Å². The Kier molecular flexibility index (Phi) is 7.06. The first-order chi connectivity index (χ1) is 7.83. The normalized spacial score (nSPS) is 20.2. The number of likely N-dealkylation sites (N-methyl/N-ethyl adjacent to an activating group) is 1. The van der Waals surface area contributed by atoms with Gasteiger partial charge in [0.2, 0.25) is 0 Å². The van der Waals surface area contributed by atoms with Gasteiger partial charge in [-0.05, 0) is 38.3 Å². The molecular formula is C14H30N2. The molecule has 1 rings (SSSR count). The van der Waals surface area contributed by atoms with Crippen LogP contribution in [0.2, 0.25) is 0 Å². The molecule has 0 saturated heterocycles. The lowest BCUT2D eigenvalue weighted by atomic mass is 9.83. The van der Waals surface area contributed by atoms with E-state index in [-0.39, 0.29) is 0 Å². The fraction of sp³-hybridized carbons (Fsp3) is 1.00. The minimum Gasteiger partial charge on any atom is -0.329 e. The summed E-state index contributed by atoms with van der Waals surface area (Å²) in [7, 11) is 0. The molecule has 0 amide bonds. The van der Waals surface area contributed by atoms with E-state index in [1.165, 1.54) is 58.0 Å². The van der Waals surface area contributed by atoms with Crippen LogP contribution in [0.3, 0.4) is 0 Å². The zero-order chi connectivity index (χ0) is 11.8. The fourth-order valence-corrected chi connectivity index (χ4v) is 3.08. The summed E-state index contributed by atoms with van der Waals surface area (Å²) < 4.78 is 0. The average molecular weight is 226 g/mol. The molecule has 1 unspecified atom stereocenters. The van der Waals surface area contributed by atoms with Gasteiger partial charge in [-0.3, -0.25) is 4.90 Å². The van der Waals surface area contributed by atoms with Crippen molar-refractivity contribution in [2.24, 2.45) is 11.7 Å². The lowest BCUT2D eigenvalue weighted by Crippen LogP contribution is -2.46. The van der Waals surface area contributed by atoms with Gasteiger partial charge >= 0.3 is 0 Å². The lowest BCUT2D eigenvalue weighted by molar-refractivity contribution is 0.126. The number of unbranched alkanes of at least 4 members (excludes halogenated alkanes) is 1. The Balaban J connectivity index is 2.47. The highest BCUT2D eigenvalue weighted by atomic mass is 15.2. The molecule has 1 atom stereocenters. The molecule has 0 aromatic carbocycles. The van der Waals surface area contributed by atoms with Crippen LogP contribution >= 0.6 is 0 Å². The summed E-state index contributed by atoms with van der Waals surface area (Å²) in [6.45, 7) is 7.80. The number of hydrogen-bond acceptors (Lipinski definition) is 2. The quantitative estimate of drug-likeness (QED) is 0.723. The van der Waals surface area contributed by atoms with E-state index in [9.17, 15) is 0 Å². The second-order valence-corrected chi connectivity index (χ2v) is 5.18. The molecule has 0 radical (unpaired) electrons. The van der Waals surface area contributed by atoms with Crippen molar-refractivity contribution in [1.82, 2.24) is 4.90 Å². The Morgan fingerprint density at radius 2 is 1.88 bits per heavy atom. The van der Waals surface area contributed by atoms with Crippen LogP contribution in [-0.2, 0) is 0 Å². The van der Waals surface area contributed by atoms with Crippen molar-refractivity contribution in [3.8, 4) is 0 Å². The van der Waals surface area contributed by atoms with Crippen LogP contribution in [0.25, 0.3) is 0 Å². The minimum absolute atomic E-state index is 0.650. The monoisotopic (exact) mass is 226 g/mol. The van der Waals surface area contributed by atoms with Crippen molar-refractivity contribution >= 4 is 0 Å². The van der Waals surface area contributed by atoms with Crippen LogP contribution in [0.4, 0.5) is 0 Å². The molecule has 1 saturated carbocycles. The molecule has 0 bridgehead atoms. The largest absolute Gasteiger partial charge is 0.329 e. The Hall–Kier alpha value is -0.0800. The van der Waals surface area contributed by atoms with Crippen LogP contribution < -0.4 is 5.73 Å². The molecule has 96 valence electrons. The Morgan fingerprint density at radius 1 is 1.19 bits per heavy atom. The van der Waals surface area contributed by atoms with E-state index >= 15 is 0 Å². The van der Waals surface area contributed by atoms with Crippen molar-refractivity contribution in [1.29, 1.82) is 0 Å². The Labute approximate surface area is 102 Å². The minimum atomic E-state index is 0.650. The molecule has 16 heavy (non-hydrogen) atoms.